The molecule has 0 aliphatic rings. The van der Waals surface area contributed by atoms with E-state index in [0.717, 1.165) is 20.7 Å². The van der Waals surface area contributed by atoms with Crippen molar-refractivity contribution in [1.82, 2.24) is 4.98 Å². The number of benzene rings is 1. The van der Waals surface area contributed by atoms with Gasteiger partial charge in [0.1, 0.15) is 4.34 Å². The zero-order chi connectivity index (χ0) is 15.2. The highest BCUT2D eigenvalue weighted by Gasteiger charge is 2.07. The zero-order valence-corrected chi connectivity index (χ0v) is 14.7. The summed E-state index contributed by atoms with van der Waals surface area (Å²) in [5.74, 6) is 0.884. The molecule has 0 atom stereocenters. The van der Waals surface area contributed by atoms with Gasteiger partial charge in [-0.3, -0.25) is 4.79 Å². The third-order valence-electron chi connectivity index (χ3n) is 2.32. The van der Waals surface area contributed by atoms with Crippen LogP contribution in [-0.2, 0) is 11.2 Å². The van der Waals surface area contributed by atoms with Gasteiger partial charge in [-0.05, 0) is 18.2 Å². The number of hydrogen-bond donors (Lipinski definition) is 1. The molecule has 0 amide bonds. The van der Waals surface area contributed by atoms with E-state index in [1.54, 1.807) is 41.0 Å². The van der Waals surface area contributed by atoms with Crippen molar-refractivity contribution in [3.8, 4) is 0 Å². The molecule has 1 N–H and O–H groups in total. The maximum atomic E-state index is 10.6. The number of hydrogen-bond acceptors (Lipinski definition) is 5. The standard InChI is InChI=1S/C13H11Cl2NO2S3/c14-8-1-2-10(15)11(5-8)19-3-4-20-13-16-9(7-21-13)6-12(17)18/h1-2,5,7H,3-4,6H2,(H,17,18). The fraction of sp³-hybridized carbons (Fsp3) is 0.231. The van der Waals surface area contributed by atoms with Crippen molar-refractivity contribution in [3.05, 3.63) is 39.3 Å². The van der Waals surface area contributed by atoms with Gasteiger partial charge in [0.2, 0.25) is 0 Å². The molecule has 0 fully saturated rings. The van der Waals surface area contributed by atoms with Gasteiger partial charge in [-0.2, -0.15) is 0 Å². The third kappa shape index (κ3) is 5.71. The molecule has 0 saturated heterocycles. The molecule has 1 aromatic carbocycles. The first-order chi connectivity index (χ1) is 10.0. The number of nitrogens with zero attached hydrogens (tertiary/aromatic N) is 1. The molecule has 0 aliphatic heterocycles. The first-order valence-electron chi connectivity index (χ1n) is 5.91. The summed E-state index contributed by atoms with van der Waals surface area (Å²) < 4.78 is 0.893. The summed E-state index contributed by atoms with van der Waals surface area (Å²) in [6.45, 7) is 0. The van der Waals surface area contributed by atoms with E-state index in [2.05, 4.69) is 4.98 Å². The number of carboxylic acids is 1. The smallest absolute Gasteiger partial charge is 0.309 e. The van der Waals surface area contributed by atoms with E-state index in [9.17, 15) is 4.79 Å². The van der Waals surface area contributed by atoms with Crippen molar-refractivity contribution >= 4 is 64.0 Å². The van der Waals surface area contributed by atoms with Crippen molar-refractivity contribution in [2.75, 3.05) is 11.5 Å². The number of aliphatic carboxylic acids is 1. The SMILES string of the molecule is O=C(O)Cc1csc(SCCSc2cc(Cl)ccc2Cl)n1. The van der Waals surface area contributed by atoms with Crippen LogP contribution in [-0.4, -0.2) is 27.6 Å². The summed E-state index contributed by atoms with van der Waals surface area (Å²) in [7, 11) is 0. The summed E-state index contributed by atoms with van der Waals surface area (Å²) in [4.78, 5) is 15.8. The first kappa shape index (κ1) is 17.0. The van der Waals surface area contributed by atoms with E-state index in [4.69, 9.17) is 28.3 Å². The minimum atomic E-state index is -0.858. The summed E-state index contributed by atoms with van der Waals surface area (Å²) in [5, 5.41) is 11.9. The molecule has 0 saturated carbocycles. The highest BCUT2D eigenvalue weighted by atomic mass is 35.5. The van der Waals surface area contributed by atoms with Crippen LogP contribution in [0.2, 0.25) is 10.0 Å². The Morgan fingerprint density at radius 2 is 2.05 bits per heavy atom. The molecule has 21 heavy (non-hydrogen) atoms. The lowest BCUT2D eigenvalue weighted by Gasteiger charge is -2.03. The number of thiazole rings is 1. The van der Waals surface area contributed by atoms with Gasteiger partial charge in [0.05, 0.1) is 17.1 Å². The van der Waals surface area contributed by atoms with Gasteiger partial charge in [-0.25, -0.2) is 4.98 Å². The summed E-state index contributed by atoms with van der Waals surface area (Å²) in [6, 6.07) is 5.41. The Bertz CT molecular complexity index is 634. The summed E-state index contributed by atoms with van der Waals surface area (Å²) in [6.07, 6.45) is -0.0239. The normalized spacial score (nSPS) is 10.8. The molecule has 0 bridgehead atoms. The lowest BCUT2D eigenvalue weighted by molar-refractivity contribution is -0.136. The minimum Gasteiger partial charge on any atom is -0.481 e. The lowest BCUT2D eigenvalue weighted by Crippen LogP contribution is -1.99. The van der Waals surface area contributed by atoms with E-state index in [-0.39, 0.29) is 6.42 Å². The molecule has 3 nitrogen and oxygen atoms in total. The number of aromatic nitrogens is 1. The average molecular weight is 380 g/mol. The molecular formula is C13H11Cl2NO2S3. The maximum Gasteiger partial charge on any atom is 0.309 e. The Morgan fingerprint density at radius 1 is 1.29 bits per heavy atom. The van der Waals surface area contributed by atoms with Crippen LogP contribution in [0.1, 0.15) is 5.69 Å². The van der Waals surface area contributed by atoms with Gasteiger partial charge in [0.25, 0.3) is 0 Å². The van der Waals surface area contributed by atoms with Gasteiger partial charge < -0.3 is 5.11 Å². The summed E-state index contributed by atoms with van der Waals surface area (Å²) >= 11 is 16.8. The fourth-order valence-corrected chi connectivity index (χ4v) is 4.85. The fourth-order valence-electron chi connectivity index (χ4n) is 1.46. The second-order valence-corrected chi connectivity index (χ2v) is 8.13. The van der Waals surface area contributed by atoms with Crippen molar-refractivity contribution in [1.29, 1.82) is 0 Å². The highest BCUT2D eigenvalue weighted by Crippen LogP contribution is 2.31. The van der Waals surface area contributed by atoms with Crippen LogP contribution in [0.4, 0.5) is 0 Å². The minimum absolute atomic E-state index is 0.0239. The van der Waals surface area contributed by atoms with Crippen molar-refractivity contribution < 1.29 is 9.90 Å². The summed E-state index contributed by atoms with van der Waals surface area (Å²) in [5.41, 5.74) is 0.612. The number of thioether (sulfide) groups is 2. The van der Waals surface area contributed by atoms with Crippen LogP contribution in [0.5, 0.6) is 0 Å². The van der Waals surface area contributed by atoms with E-state index in [0.29, 0.717) is 15.7 Å². The van der Waals surface area contributed by atoms with E-state index in [1.807, 2.05) is 6.07 Å². The number of halogens is 2. The largest absolute Gasteiger partial charge is 0.481 e. The monoisotopic (exact) mass is 379 g/mol. The maximum absolute atomic E-state index is 10.6. The van der Waals surface area contributed by atoms with Crippen molar-refractivity contribution in [3.63, 3.8) is 0 Å². The Morgan fingerprint density at radius 3 is 2.81 bits per heavy atom. The molecule has 0 spiro atoms. The third-order valence-corrected chi connectivity index (χ3v) is 6.39. The van der Waals surface area contributed by atoms with Crippen molar-refractivity contribution in [2.24, 2.45) is 0 Å². The molecule has 2 aromatic rings. The quantitative estimate of drug-likeness (QED) is 0.543. The predicted molar refractivity (Wildman–Crippen MR) is 91.4 cm³/mol. The Labute approximate surface area is 145 Å². The van der Waals surface area contributed by atoms with Crippen LogP contribution in [0.25, 0.3) is 0 Å². The molecule has 1 heterocycles. The lowest BCUT2D eigenvalue weighted by atomic mass is 10.3. The van der Waals surface area contributed by atoms with E-state index >= 15 is 0 Å². The van der Waals surface area contributed by atoms with E-state index < -0.39 is 5.97 Å². The second-order valence-electron chi connectivity index (χ2n) is 3.95. The average Bonchev–Trinajstić information content (AvgIpc) is 2.85. The van der Waals surface area contributed by atoms with Gasteiger partial charge in [0, 0.05) is 26.8 Å². The molecule has 2 rings (SSSR count). The number of carboxylic acid groups (broad SMARTS) is 1. The molecule has 112 valence electrons. The number of carbonyl (C=O) groups is 1. The highest BCUT2D eigenvalue weighted by molar-refractivity contribution is 8.03. The number of rotatable bonds is 7. The Balaban J connectivity index is 1.78. The van der Waals surface area contributed by atoms with Gasteiger partial charge in [-0.1, -0.05) is 35.0 Å². The molecule has 0 radical (unpaired) electrons. The first-order valence-corrected chi connectivity index (χ1v) is 9.52. The van der Waals surface area contributed by atoms with Crippen LogP contribution >= 0.6 is 58.1 Å². The van der Waals surface area contributed by atoms with Crippen LogP contribution in [0, 0.1) is 0 Å². The topological polar surface area (TPSA) is 50.2 Å². The predicted octanol–water partition coefficient (Wildman–Crippen LogP) is 4.96. The van der Waals surface area contributed by atoms with Gasteiger partial charge in [0.15, 0.2) is 0 Å². The molecule has 8 heteroatoms. The van der Waals surface area contributed by atoms with Crippen LogP contribution in [0.3, 0.4) is 0 Å². The zero-order valence-electron chi connectivity index (χ0n) is 10.7. The van der Waals surface area contributed by atoms with Gasteiger partial charge in [-0.15, -0.1) is 23.1 Å². The molecule has 0 unspecified atom stereocenters. The van der Waals surface area contributed by atoms with E-state index in [1.165, 1.54) is 11.3 Å². The molecule has 1 aromatic heterocycles. The van der Waals surface area contributed by atoms with Crippen molar-refractivity contribution in [2.45, 2.75) is 15.7 Å². The molecule has 0 aliphatic carbocycles. The molecular weight excluding hydrogens is 369 g/mol. The Kier molecular flexibility index (Phi) is 6.70. The van der Waals surface area contributed by atoms with Crippen LogP contribution < -0.4 is 0 Å². The Hall–Kier alpha value is -0.400. The van der Waals surface area contributed by atoms with Crippen LogP contribution in [0.15, 0.2) is 32.8 Å². The van der Waals surface area contributed by atoms with Gasteiger partial charge >= 0.3 is 5.97 Å². The second kappa shape index (κ2) is 8.29.